The number of carbonyl (C=O) groups is 1. The minimum absolute atomic E-state index is 0. The number of aromatic amines is 1. The topological polar surface area (TPSA) is 92.8 Å². The summed E-state index contributed by atoms with van der Waals surface area (Å²) in [4.78, 5) is 18.6. The maximum Gasteiger partial charge on any atom is 0.243 e. The molecule has 2 aliphatic rings. The summed E-state index contributed by atoms with van der Waals surface area (Å²) in [5.41, 5.74) is 9.68. The van der Waals surface area contributed by atoms with Crippen LogP contribution in [0.15, 0.2) is 54.7 Å². The molecule has 1 fully saturated rings. The highest BCUT2D eigenvalue weighted by Gasteiger charge is 2.40. The first-order valence-electron chi connectivity index (χ1n) is 12.3. The number of fused-ring (bicyclic) bond motifs is 2. The maximum atomic E-state index is 13.3. The van der Waals surface area contributed by atoms with Crippen LogP contribution in [0.5, 0.6) is 0 Å². The third kappa shape index (κ3) is 4.98. The molecule has 1 aliphatic carbocycles. The smallest absolute Gasteiger partial charge is 0.243 e. The molecule has 0 unspecified atom stereocenters. The molecule has 4 aromatic rings. The molecule has 37 heavy (non-hydrogen) atoms. The van der Waals surface area contributed by atoms with Crippen molar-refractivity contribution in [3.8, 4) is 0 Å². The second-order valence-electron chi connectivity index (χ2n) is 9.90. The summed E-state index contributed by atoms with van der Waals surface area (Å²) in [6.07, 6.45) is 6.40. The molecule has 1 amide bonds. The van der Waals surface area contributed by atoms with Gasteiger partial charge in [-0.3, -0.25) is 4.79 Å². The second kappa shape index (κ2) is 11.0. The normalized spacial score (nSPS) is 21.3. The third-order valence-electron chi connectivity index (χ3n) is 8.03. The Morgan fingerprint density at radius 3 is 2.59 bits per heavy atom. The number of aromatic nitrogens is 4. The standard InChI is InChI=1S/C27H29ClN6O.2ClH/c28-20-5-3-4-19(13-20)27(17-29)10-8-21(9-11-27)33-15-25-32-31-24(34(25)16-26(33)35)12-18-14-30-23-7-2-1-6-22(18)23;;/h1-7,13-14,21,30H,8-12,15-17,29H2;2*1H. The van der Waals surface area contributed by atoms with Crippen LogP contribution in [0.25, 0.3) is 10.9 Å². The lowest BCUT2D eigenvalue weighted by molar-refractivity contribution is -0.138. The number of benzene rings is 2. The van der Waals surface area contributed by atoms with E-state index in [1.54, 1.807) is 0 Å². The molecule has 3 N–H and O–H groups in total. The van der Waals surface area contributed by atoms with Crippen molar-refractivity contribution in [1.29, 1.82) is 0 Å². The number of halogens is 3. The van der Waals surface area contributed by atoms with Crippen LogP contribution in [0.2, 0.25) is 5.02 Å². The fourth-order valence-electron chi connectivity index (χ4n) is 5.95. The average Bonchev–Trinajstić information content (AvgIpc) is 3.48. The first-order valence-corrected chi connectivity index (χ1v) is 12.7. The van der Waals surface area contributed by atoms with Crippen molar-refractivity contribution in [1.82, 2.24) is 24.6 Å². The van der Waals surface area contributed by atoms with Gasteiger partial charge >= 0.3 is 0 Å². The molecule has 7 nitrogen and oxygen atoms in total. The summed E-state index contributed by atoms with van der Waals surface area (Å²) < 4.78 is 2.00. The molecular formula is C27H31Cl3N6O. The van der Waals surface area contributed by atoms with Gasteiger partial charge < -0.3 is 20.2 Å². The lowest BCUT2D eigenvalue weighted by atomic mass is 9.68. The van der Waals surface area contributed by atoms with E-state index in [2.05, 4.69) is 33.4 Å². The van der Waals surface area contributed by atoms with Gasteiger partial charge in [0.2, 0.25) is 5.91 Å². The molecule has 1 aliphatic heterocycles. The van der Waals surface area contributed by atoms with Gasteiger partial charge in [0, 0.05) is 46.5 Å². The molecule has 10 heteroatoms. The predicted octanol–water partition coefficient (Wildman–Crippen LogP) is 5.03. The molecule has 2 aromatic heterocycles. The molecule has 0 saturated heterocycles. The van der Waals surface area contributed by atoms with Gasteiger partial charge in [-0.2, -0.15) is 0 Å². The third-order valence-corrected chi connectivity index (χ3v) is 8.27. The van der Waals surface area contributed by atoms with Crippen LogP contribution in [0, 0.1) is 0 Å². The Balaban J connectivity index is 0.00000160. The van der Waals surface area contributed by atoms with Crippen molar-refractivity contribution in [3.63, 3.8) is 0 Å². The van der Waals surface area contributed by atoms with Gasteiger partial charge in [0.1, 0.15) is 12.4 Å². The lowest BCUT2D eigenvalue weighted by Gasteiger charge is -2.44. The Morgan fingerprint density at radius 2 is 1.84 bits per heavy atom. The van der Waals surface area contributed by atoms with Crippen molar-refractivity contribution in [3.05, 3.63) is 82.5 Å². The number of H-pyrrole nitrogens is 1. The molecule has 6 rings (SSSR count). The van der Waals surface area contributed by atoms with Gasteiger partial charge in [-0.25, -0.2) is 0 Å². The fourth-order valence-corrected chi connectivity index (χ4v) is 6.14. The Hall–Kier alpha value is -2.58. The molecule has 0 atom stereocenters. The first kappa shape index (κ1) is 27.5. The average molecular weight is 562 g/mol. The Kier molecular flexibility index (Phi) is 8.19. The van der Waals surface area contributed by atoms with E-state index < -0.39 is 0 Å². The number of hydrogen-bond acceptors (Lipinski definition) is 4. The van der Waals surface area contributed by atoms with Gasteiger partial charge in [0.15, 0.2) is 5.82 Å². The van der Waals surface area contributed by atoms with Crippen molar-refractivity contribution in [2.45, 2.75) is 56.7 Å². The van der Waals surface area contributed by atoms with Crippen LogP contribution in [0.4, 0.5) is 0 Å². The van der Waals surface area contributed by atoms with Crippen LogP contribution in [-0.2, 0) is 29.7 Å². The van der Waals surface area contributed by atoms with Crippen LogP contribution >= 0.6 is 36.4 Å². The SMILES string of the molecule is Cl.Cl.NCC1(c2cccc(Cl)c2)CCC(N2Cc3nnc(Cc4c[nH]c5ccccc45)n3CC2=O)CC1. The number of amides is 1. The van der Waals surface area contributed by atoms with Crippen LogP contribution in [0.1, 0.15) is 48.5 Å². The Morgan fingerprint density at radius 1 is 1.05 bits per heavy atom. The van der Waals surface area contributed by atoms with Crippen LogP contribution in [-0.4, -0.2) is 43.1 Å². The largest absolute Gasteiger partial charge is 0.361 e. The number of carbonyl (C=O) groups excluding carboxylic acids is 1. The quantitative estimate of drug-likeness (QED) is 0.357. The molecule has 196 valence electrons. The van der Waals surface area contributed by atoms with Crippen LogP contribution in [0.3, 0.4) is 0 Å². The maximum absolute atomic E-state index is 13.3. The Bertz CT molecular complexity index is 1390. The zero-order valence-corrected chi connectivity index (χ0v) is 22.8. The van der Waals surface area contributed by atoms with E-state index in [0.29, 0.717) is 26.1 Å². The van der Waals surface area contributed by atoms with Gasteiger partial charge in [0.05, 0.1) is 6.54 Å². The monoisotopic (exact) mass is 560 g/mol. The molecule has 2 aromatic carbocycles. The van der Waals surface area contributed by atoms with Crippen molar-refractivity contribution < 1.29 is 4.79 Å². The fraction of sp³-hybridized carbons (Fsp3) is 0.370. The summed E-state index contributed by atoms with van der Waals surface area (Å²) in [7, 11) is 0. The molecule has 0 spiro atoms. The molecule has 0 radical (unpaired) electrons. The van der Waals surface area contributed by atoms with Crippen molar-refractivity contribution >= 4 is 53.2 Å². The number of nitrogens with zero attached hydrogens (tertiary/aromatic N) is 4. The van der Waals surface area contributed by atoms with Gasteiger partial charge in [0.25, 0.3) is 0 Å². The van der Waals surface area contributed by atoms with Gasteiger partial charge in [-0.15, -0.1) is 35.0 Å². The van der Waals surface area contributed by atoms with E-state index in [1.807, 2.05) is 46.0 Å². The predicted molar refractivity (Wildman–Crippen MR) is 151 cm³/mol. The van der Waals surface area contributed by atoms with E-state index in [0.717, 1.165) is 53.4 Å². The molecule has 0 bridgehead atoms. The summed E-state index contributed by atoms with van der Waals surface area (Å²) in [5.74, 6) is 1.85. The second-order valence-corrected chi connectivity index (χ2v) is 10.3. The number of rotatable bonds is 5. The van der Waals surface area contributed by atoms with Gasteiger partial charge in [-0.05, 0) is 55.0 Å². The van der Waals surface area contributed by atoms with Crippen molar-refractivity contribution in [2.24, 2.45) is 5.73 Å². The highest BCUT2D eigenvalue weighted by Crippen LogP contribution is 2.41. The van der Waals surface area contributed by atoms with Crippen LogP contribution < -0.4 is 5.73 Å². The molecule has 3 heterocycles. The number of para-hydroxylation sites is 1. The minimum Gasteiger partial charge on any atom is -0.361 e. The summed E-state index contributed by atoms with van der Waals surface area (Å²) in [6, 6.07) is 16.5. The molecule has 1 saturated carbocycles. The first-order chi connectivity index (χ1) is 17.1. The van der Waals surface area contributed by atoms with Gasteiger partial charge in [-0.1, -0.05) is 41.9 Å². The summed E-state index contributed by atoms with van der Waals surface area (Å²) in [6.45, 7) is 1.39. The highest BCUT2D eigenvalue weighted by atomic mass is 35.5. The lowest BCUT2D eigenvalue weighted by Crippen LogP contribution is -2.50. The number of nitrogens with two attached hydrogens (primary N) is 1. The Labute approximate surface area is 233 Å². The van der Waals surface area contributed by atoms with E-state index in [1.165, 1.54) is 10.9 Å². The van der Waals surface area contributed by atoms with E-state index >= 15 is 0 Å². The molecular weight excluding hydrogens is 531 g/mol. The summed E-state index contributed by atoms with van der Waals surface area (Å²) >= 11 is 6.26. The van der Waals surface area contributed by atoms with E-state index in [4.69, 9.17) is 17.3 Å². The number of hydrogen-bond donors (Lipinski definition) is 2. The minimum atomic E-state index is -0.0766. The highest BCUT2D eigenvalue weighted by molar-refractivity contribution is 6.30. The number of nitrogens with one attached hydrogen (secondary N) is 1. The van der Waals surface area contributed by atoms with E-state index in [9.17, 15) is 4.79 Å². The van der Waals surface area contributed by atoms with Crippen molar-refractivity contribution in [2.75, 3.05) is 6.54 Å². The van der Waals surface area contributed by atoms with E-state index in [-0.39, 0.29) is 42.2 Å². The zero-order valence-electron chi connectivity index (χ0n) is 20.4. The zero-order chi connectivity index (χ0) is 24.0. The summed E-state index contributed by atoms with van der Waals surface area (Å²) in [5, 5.41) is 10.9.